The van der Waals surface area contributed by atoms with Crippen LogP contribution in [0.2, 0.25) is 0 Å². The predicted octanol–water partition coefficient (Wildman–Crippen LogP) is 5.23. The van der Waals surface area contributed by atoms with Gasteiger partial charge in [-0.2, -0.15) is 5.26 Å². The van der Waals surface area contributed by atoms with Gasteiger partial charge >= 0.3 is 11.9 Å². The van der Waals surface area contributed by atoms with Gasteiger partial charge in [0.1, 0.15) is 29.9 Å². The Kier molecular flexibility index (Phi) is 14.5. The van der Waals surface area contributed by atoms with Crippen molar-refractivity contribution in [1.29, 1.82) is 5.26 Å². The molecule has 0 radical (unpaired) electrons. The number of aromatic nitrogens is 3. The number of anilines is 1. The number of carbonyl (C=O) groups is 2. The highest BCUT2D eigenvalue weighted by atomic mass is 31.2. The number of nitrogens with zero attached hydrogens (tertiary/aromatic N) is 5. The van der Waals surface area contributed by atoms with Gasteiger partial charge in [0.05, 0.1) is 31.2 Å². The zero-order valence-electron chi connectivity index (χ0n) is 30.6. The van der Waals surface area contributed by atoms with E-state index in [1.54, 1.807) is 13.8 Å². The molecule has 3 aromatic carbocycles. The SMILES string of the molecule is CCOC(=O)[C@H](Cc1ccccc1)NP(=O)(CCN(CC#N)CCn1cc(-c2ccccc2)c2c(N)ncnc21)N[C@@H](Cc1ccccc1)C(=O)OCC. The lowest BCUT2D eigenvalue weighted by molar-refractivity contribution is -0.145. The van der Waals surface area contributed by atoms with Crippen LogP contribution in [0.1, 0.15) is 25.0 Å². The highest BCUT2D eigenvalue weighted by Crippen LogP contribution is 2.39. The van der Waals surface area contributed by atoms with Gasteiger partial charge in [-0.25, -0.2) is 20.1 Å². The monoisotopic (exact) mass is 750 g/mol. The minimum atomic E-state index is -3.81. The van der Waals surface area contributed by atoms with E-state index in [0.717, 1.165) is 27.6 Å². The Balaban J connectivity index is 1.43. The molecular weight excluding hydrogens is 703 g/mol. The van der Waals surface area contributed by atoms with Crippen LogP contribution in [0.4, 0.5) is 5.82 Å². The number of ether oxygens (including phenoxy) is 2. The molecule has 282 valence electrons. The molecule has 13 nitrogen and oxygen atoms in total. The van der Waals surface area contributed by atoms with Crippen LogP contribution in [0.15, 0.2) is 104 Å². The summed E-state index contributed by atoms with van der Waals surface area (Å²) in [7, 11) is -3.81. The van der Waals surface area contributed by atoms with E-state index in [9.17, 15) is 14.9 Å². The van der Waals surface area contributed by atoms with Gasteiger partial charge in [-0.1, -0.05) is 91.0 Å². The number of fused-ring (bicyclic) bond motifs is 1. The van der Waals surface area contributed by atoms with Crippen LogP contribution in [-0.2, 0) is 43.0 Å². The molecule has 0 bridgehead atoms. The minimum Gasteiger partial charge on any atom is -0.465 e. The Morgan fingerprint density at radius 2 is 1.39 bits per heavy atom. The summed E-state index contributed by atoms with van der Waals surface area (Å²) in [4.78, 5) is 37.4. The van der Waals surface area contributed by atoms with Crippen LogP contribution in [-0.4, -0.2) is 82.5 Å². The average Bonchev–Trinajstić information content (AvgIpc) is 3.56. The maximum Gasteiger partial charge on any atom is 0.323 e. The van der Waals surface area contributed by atoms with Gasteiger partial charge in [-0.05, 0) is 43.4 Å². The second-order valence-corrected chi connectivity index (χ2v) is 15.1. The summed E-state index contributed by atoms with van der Waals surface area (Å²) < 4.78 is 28.0. The van der Waals surface area contributed by atoms with E-state index in [0.29, 0.717) is 24.6 Å². The average molecular weight is 751 g/mol. The van der Waals surface area contributed by atoms with Crippen LogP contribution < -0.4 is 15.9 Å². The molecule has 0 unspecified atom stereocenters. The predicted molar refractivity (Wildman–Crippen MR) is 209 cm³/mol. The van der Waals surface area contributed by atoms with Crippen LogP contribution in [0, 0.1) is 11.3 Å². The van der Waals surface area contributed by atoms with Gasteiger partial charge in [-0.3, -0.25) is 19.1 Å². The molecule has 0 aliphatic carbocycles. The van der Waals surface area contributed by atoms with Crippen molar-refractivity contribution in [1.82, 2.24) is 29.6 Å². The van der Waals surface area contributed by atoms with E-state index < -0.39 is 31.5 Å². The zero-order chi connectivity index (χ0) is 38.3. The fourth-order valence-electron chi connectivity index (χ4n) is 6.27. The molecule has 2 atom stereocenters. The van der Waals surface area contributed by atoms with E-state index >= 15 is 4.57 Å². The Morgan fingerprint density at radius 1 is 0.852 bits per heavy atom. The van der Waals surface area contributed by atoms with Crippen LogP contribution in [0.5, 0.6) is 0 Å². The molecule has 5 aromatic rings. The summed E-state index contributed by atoms with van der Waals surface area (Å²) in [5.74, 6) is -0.770. The molecule has 54 heavy (non-hydrogen) atoms. The number of carbonyl (C=O) groups excluding carboxylic acids is 2. The van der Waals surface area contributed by atoms with Crippen molar-refractivity contribution in [2.75, 3.05) is 44.7 Å². The summed E-state index contributed by atoms with van der Waals surface area (Å²) in [6.07, 6.45) is 3.77. The normalized spacial score (nSPS) is 12.6. The van der Waals surface area contributed by atoms with Gasteiger partial charge in [0, 0.05) is 37.6 Å². The van der Waals surface area contributed by atoms with Crippen molar-refractivity contribution in [2.24, 2.45) is 0 Å². The second-order valence-electron chi connectivity index (χ2n) is 12.7. The first-order valence-corrected chi connectivity index (χ1v) is 19.9. The van der Waals surface area contributed by atoms with Crippen molar-refractivity contribution in [3.63, 3.8) is 0 Å². The molecule has 0 amide bonds. The third-order valence-electron chi connectivity index (χ3n) is 8.89. The van der Waals surface area contributed by atoms with Crippen LogP contribution in [0.3, 0.4) is 0 Å². The van der Waals surface area contributed by atoms with E-state index in [4.69, 9.17) is 15.2 Å². The van der Waals surface area contributed by atoms with Gasteiger partial charge in [0.15, 0.2) is 0 Å². The number of nitrogens with one attached hydrogen (secondary N) is 2. The molecule has 0 aliphatic heterocycles. The lowest BCUT2D eigenvalue weighted by Gasteiger charge is -2.31. The van der Waals surface area contributed by atoms with E-state index in [1.165, 1.54) is 6.33 Å². The number of rotatable bonds is 20. The molecule has 0 fully saturated rings. The standard InChI is InChI=1S/C40H47N8O5P/c1-3-52-39(49)34(26-30-14-8-5-9-15-30)45-54(51,46-35(40(50)53-4-2)27-31-16-10-6-11-17-31)25-24-47(21-20-41)22-23-48-28-33(32-18-12-7-13-19-32)36-37(42)43-29-44-38(36)48/h5-19,28-29,34-35H,3-4,21-27H2,1-2H3,(H2,42,43,44)(H2,45,46,51)/t34-,35-/m0/s1. The summed E-state index contributed by atoms with van der Waals surface area (Å²) in [6.45, 7) is 4.75. The Labute approximate surface area is 316 Å². The topological polar surface area (TPSA) is 177 Å². The lowest BCUT2D eigenvalue weighted by Crippen LogP contribution is -2.47. The molecule has 2 aromatic heterocycles. The number of nitrogens with two attached hydrogens (primary N) is 1. The third kappa shape index (κ3) is 10.8. The summed E-state index contributed by atoms with van der Waals surface area (Å²) in [5.41, 5.74) is 10.5. The van der Waals surface area contributed by atoms with Crippen molar-refractivity contribution < 1.29 is 23.6 Å². The first-order chi connectivity index (χ1) is 26.2. The maximum atomic E-state index is 15.2. The summed E-state index contributed by atoms with van der Waals surface area (Å²) >= 11 is 0. The molecule has 0 aliphatic rings. The number of esters is 2. The Hall–Kier alpha value is -5.38. The van der Waals surface area contributed by atoms with Gasteiger partial charge in [0.2, 0.25) is 7.44 Å². The highest BCUT2D eigenvalue weighted by molar-refractivity contribution is 7.60. The van der Waals surface area contributed by atoms with Gasteiger partial charge < -0.3 is 19.8 Å². The van der Waals surface area contributed by atoms with Gasteiger partial charge in [-0.15, -0.1) is 0 Å². The summed E-state index contributed by atoms with van der Waals surface area (Å²) in [6, 6.07) is 28.8. The van der Waals surface area contributed by atoms with Crippen molar-refractivity contribution in [3.05, 3.63) is 115 Å². The Bertz CT molecular complexity index is 1990. The molecule has 5 rings (SSSR count). The second kappa shape index (κ2) is 19.6. The largest absolute Gasteiger partial charge is 0.465 e. The van der Waals surface area contributed by atoms with Crippen molar-refractivity contribution in [3.8, 4) is 17.2 Å². The van der Waals surface area contributed by atoms with Crippen molar-refractivity contribution in [2.45, 2.75) is 45.3 Å². The molecule has 0 saturated carbocycles. The van der Waals surface area contributed by atoms with E-state index in [1.807, 2.05) is 107 Å². The molecular formula is C40H47N8O5P. The first kappa shape index (κ1) is 39.8. The third-order valence-corrected chi connectivity index (χ3v) is 11.2. The number of nitriles is 1. The molecule has 4 N–H and O–H groups in total. The van der Waals surface area contributed by atoms with Crippen LogP contribution in [0.25, 0.3) is 22.2 Å². The Morgan fingerprint density at radius 3 is 1.91 bits per heavy atom. The maximum absolute atomic E-state index is 15.2. The molecule has 2 heterocycles. The molecule has 14 heteroatoms. The number of hydrogen-bond donors (Lipinski definition) is 3. The lowest BCUT2D eigenvalue weighted by atomic mass is 10.1. The molecule has 0 saturated heterocycles. The fourth-order valence-corrected chi connectivity index (χ4v) is 8.57. The van der Waals surface area contributed by atoms with Crippen molar-refractivity contribution >= 4 is 36.2 Å². The zero-order valence-corrected chi connectivity index (χ0v) is 31.5. The number of nitrogen functional groups attached to an aromatic ring is 1. The van der Waals surface area contributed by atoms with E-state index in [-0.39, 0.29) is 45.3 Å². The quantitative estimate of drug-likeness (QED) is 0.0537. The van der Waals surface area contributed by atoms with E-state index in [2.05, 4.69) is 26.2 Å². The number of benzene rings is 3. The smallest absolute Gasteiger partial charge is 0.323 e. The van der Waals surface area contributed by atoms with Crippen LogP contribution >= 0.6 is 7.44 Å². The minimum absolute atomic E-state index is 0.0269. The summed E-state index contributed by atoms with van der Waals surface area (Å²) in [5, 5.41) is 16.8. The first-order valence-electron chi connectivity index (χ1n) is 18.0. The highest BCUT2D eigenvalue weighted by Gasteiger charge is 2.35. The van der Waals surface area contributed by atoms with Gasteiger partial charge in [0.25, 0.3) is 0 Å². The fraction of sp³-hybridized carbons (Fsp3) is 0.325. The molecule has 0 spiro atoms. The number of hydrogen-bond acceptors (Lipinski definition) is 10.